The lowest BCUT2D eigenvalue weighted by atomic mass is 9.92. The Morgan fingerprint density at radius 1 is 1.06 bits per heavy atom. The summed E-state index contributed by atoms with van der Waals surface area (Å²) in [5.74, 6) is 0.831. The standard InChI is InChI=1S/C26H27FN2O3/c1-16-7-6-8-18(13-16)32-15-21-19(20-14-17(27)9-12-23(20)31-5)10-11-22-24(21)29(4)25(30)26(2,3)28-22/h6-14,28H,15H2,1-5H3. The number of hydrogen-bond acceptors (Lipinski definition) is 4. The number of hydrogen-bond donors (Lipinski definition) is 1. The van der Waals surface area contributed by atoms with Crippen molar-refractivity contribution < 1.29 is 18.7 Å². The van der Waals surface area contributed by atoms with Crippen LogP contribution >= 0.6 is 0 Å². The summed E-state index contributed by atoms with van der Waals surface area (Å²) in [6.07, 6.45) is 0. The molecule has 32 heavy (non-hydrogen) atoms. The van der Waals surface area contributed by atoms with E-state index in [2.05, 4.69) is 5.32 Å². The molecule has 0 aromatic heterocycles. The van der Waals surface area contributed by atoms with Gasteiger partial charge in [0.1, 0.15) is 29.5 Å². The number of ether oxygens (including phenoxy) is 2. The van der Waals surface area contributed by atoms with Gasteiger partial charge in [0.2, 0.25) is 0 Å². The van der Waals surface area contributed by atoms with Crippen molar-refractivity contribution in [2.75, 3.05) is 24.4 Å². The molecule has 3 aromatic rings. The first kappa shape index (κ1) is 21.7. The highest BCUT2D eigenvalue weighted by molar-refractivity contribution is 6.08. The van der Waals surface area contributed by atoms with Gasteiger partial charge >= 0.3 is 0 Å². The third kappa shape index (κ3) is 3.88. The summed E-state index contributed by atoms with van der Waals surface area (Å²) < 4.78 is 25.9. The normalized spacial score (nSPS) is 14.6. The Bertz CT molecular complexity index is 1190. The van der Waals surface area contributed by atoms with Crippen molar-refractivity contribution in [1.82, 2.24) is 0 Å². The van der Waals surface area contributed by atoms with Crippen LogP contribution in [0.4, 0.5) is 15.8 Å². The van der Waals surface area contributed by atoms with Crippen molar-refractivity contribution in [3.05, 3.63) is 71.5 Å². The average Bonchev–Trinajstić information content (AvgIpc) is 2.75. The number of aryl methyl sites for hydroxylation is 1. The first-order chi connectivity index (χ1) is 15.2. The molecule has 0 aliphatic carbocycles. The Morgan fingerprint density at radius 3 is 2.56 bits per heavy atom. The molecule has 5 nitrogen and oxygen atoms in total. The number of fused-ring (bicyclic) bond motifs is 1. The van der Waals surface area contributed by atoms with Gasteiger partial charge in [-0.05, 0) is 68.3 Å². The Kier molecular flexibility index (Phi) is 5.55. The molecule has 1 aliphatic rings. The minimum Gasteiger partial charge on any atom is -0.496 e. The molecule has 166 valence electrons. The fourth-order valence-corrected chi connectivity index (χ4v) is 4.18. The Balaban J connectivity index is 1.89. The zero-order valence-corrected chi connectivity index (χ0v) is 19.0. The number of carbonyl (C=O) groups excluding carboxylic acids is 1. The molecule has 0 atom stereocenters. The largest absolute Gasteiger partial charge is 0.496 e. The second-order valence-electron chi connectivity index (χ2n) is 8.55. The third-order valence-corrected chi connectivity index (χ3v) is 5.73. The molecule has 0 saturated heterocycles. The second-order valence-corrected chi connectivity index (χ2v) is 8.55. The number of likely N-dealkylation sites (N-methyl/N-ethyl adjacent to an activating group) is 1. The number of nitrogens with zero attached hydrogens (tertiary/aromatic N) is 1. The number of halogens is 1. The van der Waals surface area contributed by atoms with Crippen molar-refractivity contribution >= 4 is 17.3 Å². The first-order valence-electron chi connectivity index (χ1n) is 10.5. The van der Waals surface area contributed by atoms with E-state index in [1.165, 1.54) is 12.1 Å². The summed E-state index contributed by atoms with van der Waals surface area (Å²) in [6.45, 7) is 5.89. The van der Waals surface area contributed by atoms with Gasteiger partial charge in [-0.3, -0.25) is 4.79 Å². The SMILES string of the molecule is COc1ccc(F)cc1-c1ccc2c(c1COc1cccc(C)c1)N(C)C(=O)C(C)(C)N2. The van der Waals surface area contributed by atoms with E-state index < -0.39 is 5.54 Å². The lowest BCUT2D eigenvalue weighted by Gasteiger charge is -2.39. The third-order valence-electron chi connectivity index (χ3n) is 5.73. The van der Waals surface area contributed by atoms with Gasteiger partial charge in [0, 0.05) is 18.2 Å². The van der Waals surface area contributed by atoms with Crippen LogP contribution < -0.4 is 19.7 Å². The maximum absolute atomic E-state index is 14.2. The summed E-state index contributed by atoms with van der Waals surface area (Å²) in [7, 11) is 3.31. The van der Waals surface area contributed by atoms with Crippen LogP contribution in [-0.2, 0) is 11.4 Å². The predicted octanol–water partition coefficient (Wildman–Crippen LogP) is 5.56. The molecule has 1 amide bonds. The van der Waals surface area contributed by atoms with E-state index >= 15 is 0 Å². The fraction of sp³-hybridized carbons (Fsp3) is 0.269. The van der Waals surface area contributed by atoms with Crippen molar-refractivity contribution in [1.29, 1.82) is 0 Å². The molecule has 1 aliphatic heterocycles. The summed E-state index contributed by atoms with van der Waals surface area (Å²) >= 11 is 0. The van der Waals surface area contributed by atoms with Crippen LogP contribution in [0, 0.1) is 12.7 Å². The molecule has 3 aromatic carbocycles. The maximum atomic E-state index is 14.2. The first-order valence-corrected chi connectivity index (χ1v) is 10.5. The molecule has 6 heteroatoms. The molecular weight excluding hydrogens is 407 g/mol. The quantitative estimate of drug-likeness (QED) is 0.572. The van der Waals surface area contributed by atoms with E-state index in [0.717, 1.165) is 28.1 Å². The molecule has 0 radical (unpaired) electrons. The van der Waals surface area contributed by atoms with Gasteiger partial charge in [-0.15, -0.1) is 0 Å². The summed E-state index contributed by atoms with van der Waals surface area (Å²) in [5.41, 5.74) is 3.99. The van der Waals surface area contributed by atoms with Gasteiger partial charge in [0.15, 0.2) is 0 Å². The smallest absolute Gasteiger partial charge is 0.251 e. The fourth-order valence-electron chi connectivity index (χ4n) is 4.18. The van der Waals surface area contributed by atoms with Crippen molar-refractivity contribution in [2.45, 2.75) is 32.9 Å². The van der Waals surface area contributed by atoms with Crippen molar-refractivity contribution in [3.63, 3.8) is 0 Å². The minimum atomic E-state index is -0.742. The predicted molar refractivity (Wildman–Crippen MR) is 125 cm³/mol. The van der Waals surface area contributed by atoms with Crippen LogP contribution in [0.3, 0.4) is 0 Å². The Morgan fingerprint density at radius 2 is 1.84 bits per heavy atom. The molecule has 0 spiro atoms. The zero-order valence-electron chi connectivity index (χ0n) is 19.0. The number of benzene rings is 3. The summed E-state index contributed by atoms with van der Waals surface area (Å²) in [4.78, 5) is 14.7. The molecule has 0 saturated carbocycles. The zero-order chi connectivity index (χ0) is 23.0. The average molecular weight is 435 g/mol. The van der Waals surface area contributed by atoms with Crippen LogP contribution in [0.1, 0.15) is 25.0 Å². The van der Waals surface area contributed by atoms with Gasteiger partial charge in [-0.2, -0.15) is 0 Å². The highest BCUT2D eigenvalue weighted by Crippen LogP contribution is 2.44. The highest BCUT2D eigenvalue weighted by Gasteiger charge is 2.38. The van der Waals surface area contributed by atoms with Gasteiger partial charge in [0.25, 0.3) is 5.91 Å². The van der Waals surface area contributed by atoms with Crippen LogP contribution in [0.5, 0.6) is 11.5 Å². The topological polar surface area (TPSA) is 50.8 Å². The van der Waals surface area contributed by atoms with Crippen LogP contribution in [0.15, 0.2) is 54.6 Å². The molecule has 4 rings (SSSR count). The van der Waals surface area contributed by atoms with E-state index in [9.17, 15) is 9.18 Å². The summed E-state index contributed by atoms with van der Waals surface area (Å²) in [6, 6.07) is 16.0. The van der Waals surface area contributed by atoms with E-state index in [0.29, 0.717) is 17.0 Å². The van der Waals surface area contributed by atoms with Crippen LogP contribution in [0.25, 0.3) is 11.1 Å². The van der Waals surface area contributed by atoms with E-state index in [4.69, 9.17) is 9.47 Å². The Hall–Kier alpha value is -3.54. The van der Waals surface area contributed by atoms with Crippen molar-refractivity contribution in [2.24, 2.45) is 0 Å². The van der Waals surface area contributed by atoms with E-state index in [-0.39, 0.29) is 18.3 Å². The monoisotopic (exact) mass is 434 g/mol. The molecule has 1 N–H and O–H groups in total. The van der Waals surface area contributed by atoms with Gasteiger partial charge < -0.3 is 19.7 Å². The lowest BCUT2D eigenvalue weighted by Crippen LogP contribution is -2.52. The number of amides is 1. The lowest BCUT2D eigenvalue weighted by molar-refractivity contribution is -0.121. The number of methoxy groups -OCH3 is 1. The van der Waals surface area contributed by atoms with Gasteiger partial charge in [-0.25, -0.2) is 4.39 Å². The van der Waals surface area contributed by atoms with Gasteiger partial charge in [-0.1, -0.05) is 18.2 Å². The van der Waals surface area contributed by atoms with E-state index in [1.807, 2.05) is 57.2 Å². The highest BCUT2D eigenvalue weighted by atomic mass is 19.1. The van der Waals surface area contributed by atoms with Crippen LogP contribution in [-0.4, -0.2) is 25.6 Å². The van der Waals surface area contributed by atoms with Crippen LogP contribution in [0.2, 0.25) is 0 Å². The van der Waals surface area contributed by atoms with E-state index in [1.54, 1.807) is 25.1 Å². The number of rotatable bonds is 5. The molecular formula is C26H27FN2O3. The molecule has 1 heterocycles. The second kappa shape index (κ2) is 8.19. The Labute approximate surface area is 187 Å². The molecule has 0 fully saturated rings. The van der Waals surface area contributed by atoms with Gasteiger partial charge in [0.05, 0.1) is 18.5 Å². The molecule has 0 unspecified atom stereocenters. The summed E-state index contributed by atoms with van der Waals surface area (Å²) in [5, 5.41) is 3.33. The minimum absolute atomic E-state index is 0.0647. The van der Waals surface area contributed by atoms with Crippen molar-refractivity contribution in [3.8, 4) is 22.6 Å². The maximum Gasteiger partial charge on any atom is 0.251 e. The number of nitrogens with one attached hydrogen (secondary N) is 1. The molecule has 0 bridgehead atoms. The number of carbonyl (C=O) groups is 1. The number of anilines is 2.